The molecule has 0 saturated carbocycles. The molecule has 0 saturated heterocycles. The minimum atomic E-state index is -0.237. The van der Waals surface area contributed by atoms with Crippen LogP contribution in [0.5, 0.6) is 5.75 Å². The van der Waals surface area contributed by atoms with Gasteiger partial charge in [-0.25, -0.2) is 0 Å². The molecule has 1 heterocycles. The van der Waals surface area contributed by atoms with Crippen LogP contribution in [-0.2, 0) is 0 Å². The molecule has 0 atom stereocenters. The quantitative estimate of drug-likeness (QED) is 0.861. The number of aliphatic hydroxyl groups is 1. The van der Waals surface area contributed by atoms with Crippen molar-refractivity contribution in [3.8, 4) is 5.75 Å². The van der Waals surface area contributed by atoms with E-state index in [4.69, 9.17) is 14.3 Å². The first-order valence-electron chi connectivity index (χ1n) is 7.34. The maximum absolute atomic E-state index is 12.3. The highest BCUT2D eigenvalue weighted by Gasteiger charge is 2.22. The number of furan rings is 1. The average molecular weight is 305 g/mol. The second kappa shape index (κ2) is 6.40. The molecule has 2 rings (SSSR count). The summed E-state index contributed by atoms with van der Waals surface area (Å²) in [4.78, 5) is 12.3. The average Bonchev–Trinajstić information content (AvgIpc) is 2.81. The van der Waals surface area contributed by atoms with E-state index in [1.807, 2.05) is 26.8 Å². The highest BCUT2D eigenvalue weighted by molar-refractivity contribution is 5.99. The normalized spacial score (nSPS) is 11.7. The van der Waals surface area contributed by atoms with E-state index in [0.717, 1.165) is 16.7 Å². The summed E-state index contributed by atoms with van der Waals surface area (Å²) in [6.45, 7) is 6.44. The Balaban J connectivity index is 2.20. The van der Waals surface area contributed by atoms with E-state index in [1.54, 1.807) is 19.2 Å². The SMILES string of the molecule is COc1ccc2oc(C(=O)NCC(C)(C)CCO)c(C)c2c1. The van der Waals surface area contributed by atoms with Gasteiger partial charge in [0.25, 0.3) is 5.91 Å². The summed E-state index contributed by atoms with van der Waals surface area (Å²) in [5.74, 6) is 0.814. The zero-order chi connectivity index (χ0) is 16.3. The molecule has 120 valence electrons. The van der Waals surface area contributed by atoms with Crippen LogP contribution in [-0.4, -0.2) is 31.3 Å². The molecule has 0 spiro atoms. The van der Waals surface area contributed by atoms with Crippen LogP contribution < -0.4 is 10.1 Å². The lowest BCUT2D eigenvalue weighted by molar-refractivity contribution is 0.0902. The summed E-state index contributed by atoms with van der Waals surface area (Å²) in [6.07, 6.45) is 0.629. The number of carbonyl (C=O) groups excluding carboxylic acids is 1. The molecule has 2 N–H and O–H groups in total. The number of aliphatic hydroxyl groups excluding tert-OH is 1. The monoisotopic (exact) mass is 305 g/mol. The first kappa shape index (κ1) is 16.4. The van der Waals surface area contributed by atoms with Crippen molar-refractivity contribution < 1.29 is 19.1 Å². The maximum atomic E-state index is 12.3. The predicted octanol–water partition coefficient (Wildman–Crippen LogP) is 2.89. The first-order valence-corrected chi connectivity index (χ1v) is 7.34. The van der Waals surface area contributed by atoms with Gasteiger partial charge in [-0.1, -0.05) is 13.8 Å². The number of rotatable bonds is 6. The minimum absolute atomic E-state index is 0.104. The van der Waals surface area contributed by atoms with Crippen LogP contribution in [0, 0.1) is 12.3 Å². The van der Waals surface area contributed by atoms with E-state index in [9.17, 15) is 4.79 Å². The lowest BCUT2D eigenvalue weighted by Crippen LogP contribution is -2.34. The molecule has 0 aliphatic heterocycles. The molecule has 0 aliphatic carbocycles. The third kappa shape index (κ3) is 3.42. The molecule has 0 bridgehead atoms. The molecule has 5 heteroatoms. The second-order valence-electron chi connectivity index (χ2n) is 6.24. The molecule has 1 aromatic heterocycles. The van der Waals surface area contributed by atoms with Crippen LogP contribution in [0.3, 0.4) is 0 Å². The number of carbonyl (C=O) groups is 1. The Labute approximate surface area is 130 Å². The summed E-state index contributed by atoms with van der Waals surface area (Å²) in [5, 5.41) is 12.8. The largest absolute Gasteiger partial charge is 0.497 e. The van der Waals surface area contributed by atoms with Crippen LogP contribution in [0.1, 0.15) is 36.4 Å². The van der Waals surface area contributed by atoms with E-state index in [1.165, 1.54) is 0 Å². The van der Waals surface area contributed by atoms with Crippen molar-refractivity contribution in [2.75, 3.05) is 20.3 Å². The van der Waals surface area contributed by atoms with Gasteiger partial charge in [0.1, 0.15) is 11.3 Å². The fourth-order valence-corrected chi connectivity index (χ4v) is 2.33. The fourth-order valence-electron chi connectivity index (χ4n) is 2.33. The number of fused-ring (bicyclic) bond motifs is 1. The summed E-state index contributed by atoms with van der Waals surface area (Å²) in [5.41, 5.74) is 1.30. The third-order valence-corrected chi connectivity index (χ3v) is 3.87. The van der Waals surface area contributed by atoms with E-state index < -0.39 is 0 Å². The van der Waals surface area contributed by atoms with Crippen molar-refractivity contribution in [2.45, 2.75) is 27.2 Å². The molecule has 1 amide bonds. The van der Waals surface area contributed by atoms with Crippen LogP contribution in [0.25, 0.3) is 11.0 Å². The fraction of sp³-hybridized carbons (Fsp3) is 0.471. The minimum Gasteiger partial charge on any atom is -0.497 e. The van der Waals surface area contributed by atoms with Gasteiger partial charge in [-0.2, -0.15) is 0 Å². The maximum Gasteiger partial charge on any atom is 0.287 e. The van der Waals surface area contributed by atoms with Crippen LogP contribution >= 0.6 is 0 Å². The zero-order valence-corrected chi connectivity index (χ0v) is 13.5. The Morgan fingerprint density at radius 1 is 1.41 bits per heavy atom. The van der Waals surface area contributed by atoms with Crippen molar-refractivity contribution >= 4 is 16.9 Å². The molecule has 1 aromatic carbocycles. The number of nitrogens with one attached hydrogen (secondary N) is 1. The number of methoxy groups -OCH3 is 1. The van der Waals surface area contributed by atoms with Gasteiger partial charge in [-0.3, -0.25) is 4.79 Å². The predicted molar refractivity (Wildman–Crippen MR) is 85.3 cm³/mol. The van der Waals surface area contributed by atoms with E-state index >= 15 is 0 Å². The molecule has 5 nitrogen and oxygen atoms in total. The van der Waals surface area contributed by atoms with Gasteiger partial charge in [0.2, 0.25) is 0 Å². The second-order valence-corrected chi connectivity index (χ2v) is 6.24. The van der Waals surface area contributed by atoms with Gasteiger partial charge in [0.15, 0.2) is 5.76 Å². The van der Waals surface area contributed by atoms with E-state index in [-0.39, 0.29) is 17.9 Å². The molecule has 2 aromatic rings. The van der Waals surface area contributed by atoms with Crippen molar-refractivity contribution in [1.82, 2.24) is 5.32 Å². The number of aryl methyl sites for hydroxylation is 1. The molecule has 0 fully saturated rings. The van der Waals surface area contributed by atoms with Gasteiger partial charge in [-0.05, 0) is 37.0 Å². The van der Waals surface area contributed by atoms with Crippen molar-refractivity contribution in [1.29, 1.82) is 0 Å². The van der Waals surface area contributed by atoms with Gasteiger partial charge in [-0.15, -0.1) is 0 Å². The molecular formula is C17H23NO4. The third-order valence-electron chi connectivity index (χ3n) is 3.87. The smallest absolute Gasteiger partial charge is 0.287 e. The Morgan fingerprint density at radius 3 is 2.77 bits per heavy atom. The Bertz CT molecular complexity index is 673. The summed E-state index contributed by atoms with van der Waals surface area (Å²) < 4.78 is 10.9. The van der Waals surface area contributed by atoms with E-state index in [0.29, 0.717) is 24.3 Å². The van der Waals surface area contributed by atoms with Crippen LogP contribution in [0.15, 0.2) is 22.6 Å². The lowest BCUT2D eigenvalue weighted by atomic mass is 9.90. The van der Waals surface area contributed by atoms with Crippen molar-refractivity contribution in [3.05, 3.63) is 29.5 Å². The van der Waals surface area contributed by atoms with Gasteiger partial charge < -0.3 is 19.6 Å². The molecule has 22 heavy (non-hydrogen) atoms. The zero-order valence-electron chi connectivity index (χ0n) is 13.5. The molecular weight excluding hydrogens is 282 g/mol. The number of hydrogen-bond donors (Lipinski definition) is 2. The summed E-state index contributed by atoms with van der Waals surface area (Å²) in [7, 11) is 1.60. The van der Waals surface area contributed by atoms with Crippen molar-refractivity contribution in [2.24, 2.45) is 5.41 Å². The first-order chi connectivity index (χ1) is 10.4. The van der Waals surface area contributed by atoms with E-state index in [2.05, 4.69) is 5.32 Å². The number of amides is 1. The van der Waals surface area contributed by atoms with Gasteiger partial charge in [0.05, 0.1) is 7.11 Å². The Kier molecular flexibility index (Phi) is 4.76. The van der Waals surface area contributed by atoms with Crippen LogP contribution in [0.4, 0.5) is 0 Å². The number of hydrogen-bond acceptors (Lipinski definition) is 4. The van der Waals surface area contributed by atoms with Crippen molar-refractivity contribution in [3.63, 3.8) is 0 Å². The summed E-state index contributed by atoms with van der Waals surface area (Å²) >= 11 is 0. The lowest BCUT2D eigenvalue weighted by Gasteiger charge is -2.23. The van der Waals surface area contributed by atoms with Gasteiger partial charge >= 0.3 is 0 Å². The highest BCUT2D eigenvalue weighted by Crippen LogP contribution is 2.29. The van der Waals surface area contributed by atoms with Crippen LogP contribution in [0.2, 0.25) is 0 Å². The number of benzene rings is 1. The highest BCUT2D eigenvalue weighted by atomic mass is 16.5. The topological polar surface area (TPSA) is 71.7 Å². The number of ether oxygens (including phenoxy) is 1. The Hall–Kier alpha value is -2.01. The van der Waals surface area contributed by atoms with Gasteiger partial charge in [0, 0.05) is 24.1 Å². The standard InChI is InChI=1S/C17H23NO4/c1-11-13-9-12(21-4)5-6-14(13)22-15(11)16(20)18-10-17(2,3)7-8-19/h5-6,9,19H,7-8,10H2,1-4H3,(H,18,20). The molecule has 0 aliphatic rings. The molecule has 0 radical (unpaired) electrons. The Morgan fingerprint density at radius 2 is 2.14 bits per heavy atom. The molecule has 0 unspecified atom stereocenters. The summed E-state index contributed by atoms with van der Waals surface area (Å²) in [6, 6.07) is 5.46.